The Morgan fingerprint density at radius 3 is 2.83 bits per heavy atom. The highest BCUT2D eigenvalue weighted by Gasteiger charge is 2.32. The fraction of sp³-hybridized carbons (Fsp3) is 0.714. The molecule has 0 aromatic carbocycles. The number of fused-ring (bicyclic) bond motifs is 1. The van der Waals surface area contributed by atoms with Gasteiger partial charge in [0.1, 0.15) is 5.82 Å². The molecule has 1 atom stereocenters. The van der Waals surface area contributed by atoms with E-state index in [1.807, 2.05) is 0 Å². The predicted octanol–water partition coefficient (Wildman–Crippen LogP) is 1.50. The number of rotatable bonds is 2. The van der Waals surface area contributed by atoms with Gasteiger partial charge in [0.05, 0.1) is 18.0 Å². The van der Waals surface area contributed by atoms with E-state index in [0.29, 0.717) is 11.8 Å². The van der Waals surface area contributed by atoms with Crippen LogP contribution in [0.4, 0.5) is 0 Å². The van der Waals surface area contributed by atoms with Crippen LogP contribution in [0.25, 0.3) is 0 Å². The maximum atomic E-state index is 5.48. The molecule has 4 nitrogen and oxygen atoms in total. The second-order valence-corrected chi connectivity index (χ2v) is 5.65. The predicted molar refractivity (Wildman–Crippen MR) is 67.6 cm³/mol. The second kappa shape index (κ2) is 4.28. The molecule has 96 valence electrons. The Labute approximate surface area is 107 Å². The van der Waals surface area contributed by atoms with E-state index in [2.05, 4.69) is 5.32 Å². The fourth-order valence-corrected chi connectivity index (χ4v) is 3.00. The highest BCUT2D eigenvalue weighted by atomic mass is 16.5. The van der Waals surface area contributed by atoms with Crippen LogP contribution >= 0.6 is 0 Å². The van der Waals surface area contributed by atoms with Crippen molar-refractivity contribution in [1.29, 1.82) is 0 Å². The van der Waals surface area contributed by atoms with Gasteiger partial charge in [-0.15, -0.1) is 0 Å². The molecule has 4 heteroatoms. The molecule has 1 aromatic rings. The van der Waals surface area contributed by atoms with Crippen LogP contribution in [0.5, 0.6) is 0 Å². The van der Waals surface area contributed by atoms with Crippen molar-refractivity contribution in [1.82, 2.24) is 15.3 Å². The van der Waals surface area contributed by atoms with Gasteiger partial charge in [0.2, 0.25) is 0 Å². The molecule has 2 fully saturated rings. The Bertz CT molecular complexity index is 464. The maximum Gasteiger partial charge on any atom is 0.134 e. The standard InChI is InChI=1S/C14H19N3O/c1-2-9(1)13-11-7-15-5-3-12(11)16-14(17-13)10-4-6-18-8-10/h9-10,15H,1-8H2. The minimum atomic E-state index is 0.433. The van der Waals surface area contributed by atoms with Gasteiger partial charge in [-0.05, 0) is 19.3 Å². The summed E-state index contributed by atoms with van der Waals surface area (Å²) in [5.74, 6) is 2.19. The van der Waals surface area contributed by atoms with Crippen LogP contribution in [0, 0.1) is 0 Å². The summed E-state index contributed by atoms with van der Waals surface area (Å²) in [5, 5.41) is 3.45. The van der Waals surface area contributed by atoms with E-state index in [4.69, 9.17) is 14.7 Å². The second-order valence-electron chi connectivity index (χ2n) is 5.65. The number of nitrogens with zero attached hydrogens (tertiary/aromatic N) is 2. The Hall–Kier alpha value is -1.00. The molecule has 1 saturated heterocycles. The van der Waals surface area contributed by atoms with Crippen LogP contribution in [0.1, 0.15) is 53.9 Å². The van der Waals surface area contributed by atoms with Crippen LogP contribution < -0.4 is 5.32 Å². The minimum Gasteiger partial charge on any atom is -0.381 e. The molecule has 3 aliphatic rings. The Balaban J connectivity index is 1.77. The van der Waals surface area contributed by atoms with Crippen molar-refractivity contribution < 1.29 is 4.74 Å². The first-order chi connectivity index (χ1) is 8.92. The van der Waals surface area contributed by atoms with Gasteiger partial charge < -0.3 is 10.1 Å². The molecule has 0 radical (unpaired) electrons. The normalized spacial score (nSPS) is 27.2. The van der Waals surface area contributed by atoms with Gasteiger partial charge in [0.15, 0.2) is 0 Å². The zero-order valence-corrected chi connectivity index (χ0v) is 10.6. The highest BCUT2D eigenvalue weighted by Crippen LogP contribution is 2.42. The Morgan fingerprint density at radius 1 is 1.11 bits per heavy atom. The lowest BCUT2D eigenvalue weighted by atomic mass is 10.0. The average molecular weight is 245 g/mol. The van der Waals surface area contributed by atoms with Crippen molar-refractivity contribution in [2.75, 3.05) is 19.8 Å². The third kappa shape index (κ3) is 1.84. The fourth-order valence-electron chi connectivity index (χ4n) is 3.00. The summed E-state index contributed by atoms with van der Waals surface area (Å²) in [7, 11) is 0. The van der Waals surface area contributed by atoms with Crippen molar-refractivity contribution in [3.8, 4) is 0 Å². The van der Waals surface area contributed by atoms with Gasteiger partial charge in [-0.3, -0.25) is 0 Å². The summed E-state index contributed by atoms with van der Waals surface area (Å²) >= 11 is 0. The molecule has 0 amide bonds. The molecule has 1 unspecified atom stereocenters. The van der Waals surface area contributed by atoms with E-state index < -0.39 is 0 Å². The molecule has 1 aromatic heterocycles. The van der Waals surface area contributed by atoms with Crippen LogP contribution in [0.3, 0.4) is 0 Å². The van der Waals surface area contributed by atoms with Gasteiger partial charge in [-0.2, -0.15) is 0 Å². The zero-order chi connectivity index (χ0) is 11.9. The van der Waals surface area contributed by atoms with Gasteiger partial charge in [-0.25, -0.2) is 9.97 Å². The number of hydrogen-bond acceptors (Lipinski definition) is 4. The van der Waals surface area contributed by atoms with E-state index >= 15 is 0 Å². The van der Waals surface area contributed by atoms with Crippen LogP contribution in [-0.4, -0.2) is 29.7 Å². The quantitative estimate of drug-likeness (QED) is 0.858. The van der Waals surface area contributed by atoms with Gasteiger partial charge in [-0.1, -0.05) is 0 Å². The molecule has 3 heterocycles. The summed E-state index contributed by atoms with van der Waals surface area (Å²) < 4.78 is 5.48. The first-order valence-corrected chi connectivity index (χ1v) is 7.10. The van der Waals surface area contributed by atoms with E-state index in [-0.39, 0.29) is 0 Å². The first kappa shape index (κ1) is 10.9. The summed E-state index contributed by atoms with van der Waals surface area (Å²) in [6, 6.07) is 0. The molecule has 1 N–H and O–H groups in total. The molecule has 0 spiro atoms. The van der Waals surface area contributed by atoms with E-state index in [1.165, 1.54) is 29.8 Å². The number of nitrogens with one attached hydrogen (secondary N) is 1. The Kier molecular flexibility index (Phi) is 2.59. The van der Waals surface area contributed by atoms with E-state index in [0.717, 1.165) is 45.0 Å². The molecular weight excluding hydrogens is 226 g/mol. The van der Waals surface area contributed by atoms with Gasteiger partial charge in [0, 0.05) is 43.5 Å². The smallest absolute Gasteiger partial charge is 0.134 e. The van der Waals surface area contributed by atoms with Gasteiger partial charge in [0.25, 0.3) is 0 Å². The van der Waals surface area contributed by atoms with Gasteiger partial charge >= 0.3 is 0 Å². The molecular formula is C14H19N3O. The summed E-state index contributed by atoms with van der Waals surface area (Å²) in [6.45, 7) is 3.68. The SMILES string of the molecule is C1Cc2nc(C3CCOC3)nc(C3CC3)c2CN1. The van der Waals surface area contributed by atoms with E-state index in [1.54, 1.807) is 0 Å². The molecule has 1 aliphatic carbocycles. The summed E-state index contributed by atoms with van der Waals surface area (Å²) in [5.41, 5.74) is 4.04. The third-order valence-electron chi connectivity index (χ3n) is 4.24. The maximum absolute atomic E-state index is 5.48. The average Bonchev–Trinajstić information content (AvgIpc) is 3.12. The molecule has 2 aliphatic heterocycles. The summed E-state index contributed by atoms with van der Waals surface area (Å²) in [6.07, 6.45) is 4.76. The molecule has 0 bridgehead atoms. The number of ether oxygens (including phenoxy) is 1. The lowest BCUT2D eigenvalue weighted by molar-refractivity contribution is 0.193. The molecule has 18 heavy (non-hydrogen) atoms. The minimum absolute atomic E-state index is 0.433. The third-order valence-corrected chi connectivity index (χ3v) is 4.24. The largest absolute Gasteiger partial charge is 0.381 e. The van der Waals surface area contributed by atoms with Crippen molar-refractivity contribution >= 4 is 0 Å². The lowest BCUT2D eigenvalue weighted by Crippen LogP contribution is -2.27. The number of hydrogen-bond donors (Lipinski definition) is 1. The zero-order valence-electron chi connectivity index (χ0n) is 10.6. The molecule has 1 saturated carbocycles. The van der Waals surface area contributed by atoms with Crippen molar-refractivity contribution in [2.24, 2.45) is 0 Å². The highest BCUT2D eigenvalue weighted by molar-refractivity contribution is 5.33. The number of aromatic nitrogens is 2. The summed E-state index contributed by atoms with van der Waals surface area (Å²) in [4.78, 5) is 9.73. The van der Waals surface area contributed by atoms with E-state index in [9.17, 15) is 0 Å². The van der Waals surface area contributed by atoms with Crippen LogP contribution in [0.15, 0.2) is 0 Å². The van der Waals surface area contributed by atoms with Crippen LogP contribution in [0.2, 0.25) is 0 Å². The van der Waals surface area contributed by atoms with Crippen molar-refractivity contribution in [3.05, 3.63) is 22.8 Å². The first-order valence-electron chi connectivity index (χ1n) is 7.10. The Morgan fingerprint density at radius 2 is 2.06 bits per heavy atom. The van der Waals surface area contributed by atoms with Crippen molar-refractivity contribution in [2.45, 2.75) is 44.1 Å². The topological polar surface area (TPSA) is 47.0 Å². The lowest BCUT2D eigenvalue weighted by Gasteiger charge is -2.21. The van der Waals surface area contributed by atoms with Crippen LogP contribution in [-0.2, 0) is 17.7 Å². The monoisotopic (exact) mass is 245 g/mol. The van der Waals surface area contributed by atoms with Crippen molar-refractivity contribution in [3.63, 3.8) is 0 Å². The molecule has 4 rings (SSSR count).